The lowest BCUT2D eigenvalue weighted by molar-refractivity contribution is -0.0554. The van der Waals surface area contributed by atoms with Gasteiger partial charge in [0.1, 0.15) is 0 Å². The maximum atomic E-state index is 10.3. The number of aliphatic hydroxyl groups is 3. The van der Waals surface area contributed by atoms with Crippen molar-refractivity contribution in [1.82, 2.24) is 0 Å². The van der Waals surface area contributed by atoms with Gasteiger partial charge in [0.2, 0.25) is 0 Å². The quantitative estimate of drug-likeness (QED) is 0.520. The molecule has 0 aromatic carbocycles. The molecule has 3 heteroatoms. The van der Waals surface area contributed by atoms with Crippen molar-refractivity contribution in [1.29, 1.82) is 0 Å². The van der Waals surface area contributed by atoms with E-state index in [0.717, 1.165) is 25.7 Å². The van der Waals surface area contributed by atoms with Crippen LogP contribution in [0.25, 0.3) is 0 Å². The van der Waals surface area contributed by atoms with E-state index < -0.39 is 11.7 Å². The Morgan fingerprint density at radius 2 is 1.90 bits per heavy atom. The molecule has 0 bridgehead atoms. The molecule has 0 spiro atoms. The lowest BCUT2D eigenvalue weighted by Crippen LogP contribution is -2.38. The van der Waals surface area contributed by atoms with Crippen molar-refractivity contribution in [2.45, 2.75) is 110 Å². The standard InChI is InChI=1S/C27H44O3/c1-18-8-12-22(28)17-21(18)11-10-20-7-6-16-27(5)23(13-14-24(20)27)19(2)9-15-25(29)26(3,4)30/h10-11,19,22-25,28-30H,1,6-9,12-17H2,2-5H3/b20-10+,21-11-/t19-,22-,23+,24+,25-,27-/m0/s1. The van der Waals surface area contributed by atoms with Gasteiger partial charge >= 0.3 is 0 Å². The molecule has 0 radical (unpaired) electrons. The second-order valence-corrected chi connectivity index (χ2v) is 11.3. The number of allylic oxidation sites excluding steroid dienone is 4. The van der Waals surface area contributed by atoms with Gasteiger partial charge in [-0.15, -0.1) is 0 Å². The molecule has 0 aromatic rings. The third kappa shape index (κ3) is 5.11. The van der Waals surface area contributed by atoms with Crippen LogP contribution in [0.1, 0.15) is 91.9 Å². The minimum atomic E-state index is -1.02. The monoisotopic (exact) mass is 416 g/mol. The molecule has 170 valence electrons. The van der Waals surface area contributed by atoms with E-state index in [1.165, 1.54) is 43.3 Å². The highest BCUT2D eigenvalue weighted by molar-refractivity contribution is 5.36. The highest BCUT2D eigenvalue weighted by Gasteiger charge is 2.50. The summed E-state index contributed by atoms with van der Waals surface area (Å²) in [6.07, 6.45) is 14.1. The maximum Gasteiger partial charge on any atom is 0.0849 e. The third-order valence-electron chi connectivity index (χ3n) is 8.62. The van der Waals surface area contributed by atoms with Crippen molar-refractivity contribution in [2.75, 3.05) is 0 Å². The summed E-state index contributed by atoms with van der Waals surface area (Å²) in [5.41, 5.74) is 3.34. The van der Waals surface area contributed by atoms with E-state index in [1.54, 1.807) is 19.4 Å². The van der Waals surface area contributed by atoms with E-state index in [9.17, 15) is 15.3 Å². The van der Waals surface area contributed by atoms with Crippen LogP contribution in [0.3, 0.4) is 0 Å². The van der Waals surface area contributed by atoms with Crippen LogP contribution in [0.2, 0.25) is 0 Å². The Hall–Kier alpha value is -0.900. The maximum absolute atomic E-state index is 10.3. The van der Waals surface area contributed by atoms with Crippen LogP contribution in [0.5, 0.6) is 0 Å². The fourth-order valence-corrected chi connectivity index (χ4v) is 6.58. The van der Waals surface area contributed by atoms with Crippen molar-refractivity contribution in [3.8, 4) is 0 Å². The fraction of sp³-hybridized carbons (Fsp3) is 0.778. The number of rotatable bonds is 6. The fourth-order valence-electron chi connectivity index (χ4n) is 6.58. The van der Waals surface area contributed by atoms with E-state index in [1.807, 2.05) is 0 Å². The van der Waals surface area contributed by atoms with Gasteiger partial charge in [0.25, 0.3) is 0 Å². The number of hydrogen-bond acceptors (Lipinski definition) is 3. The largest absolute Gasteiger partial charge is 0.393 e. The molecule has 3 N–H and O–H groups in total. The molecule has 3 aliphatic rings. The van der Waals surface area contributed by atoms with E-state index >= 15 is 0 Å². The molecular formula is C27H44O3. The smallest absolute Gasteiger partial charge is 0.0849 e. The Kier molecular flexibility index (Phi) is 7.37. The molecule has 3 saturated carbocycles. The summed E-state index contributed by atoms with van der Waals surface area (Å²) in [7, 11) is 0. The average Bonchev–Trinajstić information content (AvgIpc) is 3.03. The second-order valence-electron chi connectivity index (χ2n) is 11.3. The van der Waals surface area contributed by atoms with E-state index in [0.29, 0.717) is 29.6 Å². The van der Waals surface area contributed by atoms with Crippen molar-refractivity contribution < 1.29 is 15.3 Å². The Morgan fingerprint density at radius 3 is 2.60 bits per heavy atom. The number of hydrogen-bond donors (Lipinski definition) is 3. The zero-order valence-corrected chi connectivity index (χ0v) is 19.7. The topological polar surface area (TPSA) is 60.7 Å². The van der Waals surface area contributed by atoms with Crippen molar-refractivity contribution >= 4 is 0 Å². The first kappa shape index (κ1) is 23.8. The van der Waals surface area contributed by atoms with Gasteiger partial charge < -0.3 is 15.3 Å². The minimum Gasteiger partial charge on any atom is -0.393 e. The second kappa shape index (κ2) is 9.30. The molecule has 6 atom stereocenters. The molecule has 0 heterocycles. The minimum absolute atomic E-state index is 0.215. The van der Waals surface area contributed by atoms with Crippen LogP contribution in [0.4, 0.5) is 0 Å². The molecule has 0 aromatic heterocycles. The molecule has 0 aliphatic heterocycles. The predicted octanol–water partition coefficient (Wildman–Crippen LogP) is 5.70. The Bertz CT molecular complexity index is 683. The Morgan fingerprint density at radius 1 is 1.17 bits per heavy atom. The van der Waals surface area contributed by atoms with Crippen molar-refractivity contribution in [3.63, 3.8) is 0 Å². The molecule has 0 amide bonds. The lowest BCUT2D eigenvalue weighted by Gasteiger charge is -2.44. The van der Waals surface area contributed by atoms with Gasteiger partial charge in [-0.1, -0.05) is 43.7 Å². The molecule has 3 nitrogen and oxygen atoms in total. The molecule has 3 aliphatic carbocycles. The third-order valence-corrected chi connectivity index (χ3v) is 8.62. The Labute approximate surface area is 184 Å². The van der Waals surface area contributed by atoms with E-state index in [4.69, 9.17) is 0 Å². The highest BCUT2D eigenvalue weighted by atomic mass is 16.3. The van der Waals surface area contributed by atoms with Crippen LogP contribution < -0.4 is 0 Å². The van der Waals surface area contributed by atoms with Crippen molar-refractivity contribution in [3.05, 3.63) is 35.5 Å². The van der Waals surface area contributed by atoms with Gasteiger partial charge in [-0.05, 0) is 107 Å². The molecule has 0 unspecified atom stereocenters. The van der Waals surface area contributed by atoms with Gasteiger partial charge in [-0.2, -0.15) is 0 Å². The molecule has 0 saturated heterocycles. The van der Waals surface area contributed by atoms with E-state index in [2.05, 4.69) is 32.6 Å². The molecule has 30 heavy (non-hydrogen) atoms. The van der Waals surface area contributed by atoms with Crippen LogP contribution >= 0.6 is 0 Å². The first-order chi connectivity index (χ1) is 14.0. The van der Waals surface area contributed by atoms with Gasteiger partial charge in [0.05, 0.1) is 17.8 Å². The van der Waals surface area contributed by atoms with Crippen LogP contribution in [-0.4, -0.2) is 33.1 Å². The van der Waals surface area contributed by atoms with Gasteiger partial charge in [0.15, 0.2) is 0 Å². The van der Waals surface area contributed by atoms with Crippen LogP contribution in [0.15, 0.2) is 35.5 Å². The summed E-state index contributed by atoms with van der Waals surface area (Å²) in [6, 6.07) is 0. The summed E-state index contributed by atoms with van der Waals surface area (Å²) in [4.78, 5) is 0. The SMILES string of the molecule is C=C1CC[C@H](O)C/C1=C/C=C1\CCC[C@]2(C)[C@@H]1CC[C@@H]2[C@@H](C)CC[C@H](O)C(C)(C)O. The van der Waals surface area contributed by atoms with Crippen LogP contribution in [-0.2, 0) is 0 Å². The summed E-state index contributed by atoms with van der Waals surface area (Å²) in [6.45, 7) is 12.5. The molecular weight excluding hydrogens is 372 g/mol. The summed E-state index contributed by atoms with van der Waals surface area (Å²) < 4.78 is 0. The van der Waals surface area contributed by atoms with E-state index in [-0.39, 0.29) is 6.10 Å². The predicted molar refractivity (Wildman–Crippen MR) is 124 cm³/mol. The average molecular weight is 417 g/mol. The van der Waals surface area contributed by atoms with Gasteiger partial charge in [-0.3, -0.25) is 0 Å². The van der Waals surface area contributed by atoms with Gasteiger partial charge in [-0.25, -0.2) is 0 Å². The highest BCUT2D eigenvalue weighted by Crippen LogP contribution is 2.60. The Balaban J connectivity index is 1.69. The zero-order chi connectivity index (χ0) is 22.1. The first-order valence-corrected chi connectivity index (χ1v) is 12.2. The van der Waals surface area contributed by atoms with Gasteiger partial charge in [0, 0.05) is 0 Å². The molecule has 3 fully saturated rings. The summed E-state index contributed by atoms with van der Waals surface area (Å²) in [5.74, 6) is 1.89. The normalized spacial score (nSPS) is 37.4. The first-order valence-electron chi connectivity index (χ1n) is 12.2. The number of aliphatic hydroxyl groups excluding tert-OH is 2. The number of fused-ring (bicyclic) bond motifs is 1. The lowest BCUT2D eigenvalue weighted by atomic mass is 9.60. The van der Waals surface area contributed by atoms with Crippen molar-refractivity contribution in [2.24, 2.45) is 23.2 Å². The zero-order valence-electron chi connectivity index (χ0n) is 19.7. The molecule has 3 rings (SSSR count). The summed E-state index contributed by atoms with van der Waals surface area (Å²) >= 11 is 0. The van der Waals surface area contributed by atoms with Crippen LogP contribution in [0, 0.1) is 23.2 Å². The summed E-state index contributed by atoms with van der Waals surface area (Å²) in [5, 5.41) is 30.3.